The molecule has 1 heterocycles. The molecule has 0 radical (unpaired) electrons. The van der Waals surface area contributed by atoms with Crippen molar-refractivity contribution in [2.24, 2.45) is 5.92 Å². The minimum atomic E-state index is -0.587. The molecule has 0 fully saturated rings. The lowest BCUT2D eigenvalue weighted by atomic mass is 10.1. The first-order chi connectivity index (χ1) is 14.5. The predicted molar refractivity (Wildman–Crippen MR) is 118 cm³/mol. The third-order valence-corrected chi connectivity index (χ3v) is 4.77. The summed E-state index contributed by atoms with van der Waals surface area (Å²) in [5, 5.41) is 5.28. The third kappa shape index (κ3) is 4.01. The standard InChI is InChI=1S/C25H22N2O3/c1-17(2)16-27-24(28)22-11-7-6-10-21(22)23(26-27)25(29)30-20-14-12-19(13-15-20)18-8-4-3-5-9-18/h3-15,17H,16H2,1-2H3. The van der Waals surface area contributed by atoms with E-state index in [2.05, 4.69) is 5.10 Å². The number of hydrogen-bond acceptors (Lipinski definition) is 4. The Kier molecular flexibility index (Phi) is 5.44. The Hall–Kier alpha value is -3.73. The molecule has 0 amide bonds. The molecule has 3 aromatic carbocycles. The van der Waals surface area contributed by atoms with Crippen LogP contribution >= 0.6 is 0 Å². The molecule has 0 unspecified atom stereocenters. The number of carbonyl (C=O) groups excluding carboxylic acids is 1. The maximum absolute atomic E-state index is 12.9. The lowest BCUT2D eigenvalue weighted by molar-refractivity contribution is 0.0727. The molecular formula is C25H22N2O3. The van der Waals surface area contributed by atoms with Gasteiger partial charge in [0.25, 0.3) is 5.56 Å². The number of ether oxygens (including phenoxy) is 1. The second-order valence-electron chi connectivity index (χ2n) is 7.56. The molecular weight excluding hydrogens is 376 g/mol. The quantitative estimate of drug-likeness (QED) is 0.353. The highest BCUT2D eigenvalue weighted by molar-refractivity contribution is 6.02. The molecule has 4 aromatic rings. The van der Waals surface area contributed by atoms with Crippen LogP contribution in [0, 0.1) is 5.92 Å². The van der Waals surface area contributed by atoms with E-state index in [0.29, 0.717) is 23.1 Å². The van der Waals surface area contributed by atoms with Gasteiger partial charge < -0.3 is 4.74 Å². The van der Waals surface area contributed by atoms with Crippen LogP contribution in [0.25, 0.3) is 21.9 Å². The summed E-state index contributed by atoms with van der Waals surface area (Å²) < 4.78 is 6.93. The monoisotopic (exact) mass is 398 g/mol. The fourth-order valence-electron chi connectivity index (χ4n) is 3.36. The Bertz CT molecular complexity index is 1240. The molecule has 1 aromatic heterocycles. The van der Waals surface area contributed by atoms with Crippen LogP contribution < -0.4 is 10.3 Å². The largest absolute Gasteiger partial charge is 0.422 e. The summed E-state index contributed by atoms with van der Waals surface area (Å²) in [4.78, 5) is 25.6. The highest BCUT2D eigenvalue weighted by Gasteiger charge is 2.19. The third-order valence-electron chi connectivity index (χ3n) is 4.77. The van der Waals surface area contributed by atoms with Crippen LogP contribution in [0.5, 0.6) is 5.75 Å². The minimum absolute atomic E-state index is 0.137. The Morgan fingerprint density at radius 1 is 0.867 bits per heavy atom. The summed E-state index contributed by atoms with van der Waals surface area (Å²) in [7, 11) is 0. The highest BCUT2D eigenvalue weighted by Crippen LogP contribution is 2.23. The minimum Gasteiger partial charge on any atom is -0.422 e. The van der Waals surface area contributed by atoms with Gasteiger partial charge in [0.05, 0.1) is 5.39 Å². The average Bonchev–Trinajstić information content (AvgIpc) is 2.76. The molecule has 5 nitrogen and oxygen atoms in total. The van der Waals surface area contributed by atoms with Gasteiger partial charge in [-0.1, -0.05) is 74.5 Å². The van der Waals surface area contributed by atoms with Crippen LogP contribution in [0.15, 0.2) is 83.7 Å². The fourth-order valence-corrected chi connectivity index (χ4v) is 3.36. The number of rotatable bonds is 5. The molecule has 0 aliphatic rings. The molecule has 0 spiro atoms. The molecule has 0 N–H and O–H groups in total. The maximum Gasteiger partial charge on any atom is 0.364 e. The van der Waals surface area contributed by atoms with Crippen molar-refractivity contribution in [2.45, 2.75) is 20.4 Å². The molecule has 0 saturated heterocycles. The fraction of sp³-hybridized carbons (Fsp3) is 0.160. The van der Waals surface area contributed by atoms with Crippen LogP contribution in [0.4, 0.5) is 0 Å². The Balaban J connectivity index is 1.66. The van der Waals surface area contributed by atoms with Gasteiger partial charge in [-0.2, -0.15) is 5.10 Å². The van der Waals surface area contributed by atoms with Crippen LogP contribution in [0.3, 0.4) is 0 Å². The van der Waals surface area contributed by atoms with Crippen molar-refractivity contribution < 1.29 is 9.53 Å². The number of aromatic nitrogens is 2. The van der Waals surface area contributed by atoms with Crippen molar-refractivity contribution >= 4 is 16.7 Å². The van der Waals surface area contributed by atoms with E-state index in [1.807, 2.05) is 56.3 Å². The van der Waals surface area contributed by atoms with Gasteiger partial charge in [0, 0.05) is 11.9 Å². The smallest absolute Gasteiger partial charge is 0.364 e. The second-order valence-corrected chi connectivity index (χ2v) is 7.56. The summed E-state index contributed by atoms with van der Waals surface area (Å²) >= 11 is 0. The number of hydrogen-bond donors (Lipinski definition) is 0. The lowest BCUT2D eigenvalue weighted by Gasteiger charge is -2.12. The van der Waals surface area contributed by atoms with Crippen molar-refractivity contribution in [3.05, 3.63) is 94.9 Å². The zero-order valence-electron chi connectivity index (χ0n) is 16.9. The molecule has 0 aliphatic heterocycles. The van der Waals surface area contributed by atoms with E-state index in [-0.39, 0.29) is 17.2 Å². The number of nitrogens with zero attached hydrogens (tertiary/aromatic N) is 2. The van der Waals surface area contributed by atoms with E-state index in [0.717, 1.165) is 11.1 Å². The first kappa shape index (κ1) is 19.6. The Morgan fingerprint density at radius 2 is 1.47 bits per heavy atom. The van der Waals surface area contributed by atoms with E-state index in [4.69, 9.17) is 4.74 Å². The molecule has 0 atom stereocenters. The Labute approximate surface area is 174 Å². The maximum atomic E-state index is 12.9. The SMILES string of the molecule is CC(C)Cn1nc(C(=O)Oc2ccc(-c3ccccc3)cc2)c2ccccc2c1=O. The highest BCUT2D eigenvalue weighted by atomic mass is 16.5. The van der Waals surface area contributed by atoms with Crippen LogP contribution in [0.2, 0.25) is 0 Å². The van der Waals surface area contributed by atoms with Crippen LogP contribution in [-0.2, 0) is 6.54 Å². The van der Waals surface area contributed by atoms with Gasteiger partial charge in [-0.3, -0.25) is 4.79 Å². The van der Waals surface area contributed by atoms with Gasteiger partial charge in [0.1, 0.15) is 5.75 Å². The summed E-state index contributed by atoms with van der Waals surface area (Å²) in [5.74, 6) is 0.0501. The summed E-state index contributed by atoms with van der Waals surface area (Å²) in [5.41, 5.74) is 2.05. The van der Waals surface area contributed by atoms with Gasteiger partial charge in [0.2, 0.25) is 0 Å². The second kappa shape index (κ2) is 8.33. The number of carbonyl (C=O) groups is 1. The first-order valence-electron chi connectivity index (χ1n) is 9.90. The molecule has 4 rings (SSSR count). The van der Waals surface area contributed by atoms with Gasteiger partial charge in [-0.25, -0.2) is 9.48 Å². The zero-order valence-corrected chi connectivity index (χ0v) is 16.9. The van der Waals surface area contributed by atoms with E-state index < -0.39 is 5.97 Å². The summed E-state index contributed by atoms with van der Waals surface area (Å²) in [6.07, 6.45) is 0. The van der Waals surface area contributed by atoms with Crippen molar-refractivity contribution in [1.29, 1.82) is 0 Å². The van der Waals surface area contributed by atoms with E-state index >= 15 is 0 Å². The van der Waals surface area contributed by atoms with Crippen molar-refractivity contribution in [3.8, 4) is 16.9 Å². The molecule has 0 aliphatic carbocycles. The molecule has 0 bridgehead atoms. The lowest BCUT2D eigenvalue weighted by Crippen LogP contribution is -2.28. The van der Waals surface area contributed by atoms with Gasteiger partial charge in [0.15, 0.2) is 5.69 Å². The summed E-state index contributed by atoms with van der Waals surface area (Å²) in [6.45, 7) is 4.42. The van der Waals surface area contributed by atoms with E-state index in [1.165, 1.54) is 4.68 Å². The number of benzene rings is 3. The van der Waals surface area contributed by atoms with E-state index in [9.17, 15) is 9.59 Å². The normalized spacial score (nSPS) is 11.0. The number of esters is 1. The van der Waals surface area contributed by atoms with Gasteiger partial charge in [-0.15, -0.1) is 0 Å². The van der Waals surface area contributed by atoms with E-state index in [1.54, 1.807) is 36.4 Å². The zero-order chi connectivity index (χ0) is 21.1. The first-order valence-corrected chi connectivity index (χ1v) is 9.90. The molecule has 30 heavy (non-hydrogen) atoms. The molecule has 150 valence electrons. The predicted octanol–water partition coefficient (Wildman–Crippen LogP) is 4.94. The average molecular weight is 398 g/mol. The molecule has 0 saturated carbocycles. The van der Waals surface area contributed by atoms with Crippen molar-refractivity contribution in [2.75, 3.05) is 0 Å². The number of fused-ring (bicyclic) bond motifs is 1. The van der Waals surface area contributed by atoms with Crippen LogP contribution in [0.1, 0.15) is 24.3 Å². The van der Waals surface area contributed by atoms with Crippen molar-refractivity contribution in [3.63, 3.8) is 0 Å². The van der Waals surface area contributed by atoms with Gasteiger partial charge >= 0.3 is 5.97 Å². The summed E-state index contributed by atoms with van der Waals surface area (Å²) in [6, 6.07) is 24.3. The topological polar surface area (TPSA) is 61.2 Å². The van der Waals surface area contributed by atoms with Crippen molar-refractivity contribution in [1.82, 2.24) is 9.78 Å². The van der Waals surface area contributed by atoms with Crippen LogP contribution in [-0.4, -0.2) is 15.7 Å². The van der Waals surface area contributed by atoms with Gasteiger partial charge in [-0.05, 0) is 35.2 Å². The Morgan fingerprint density at radius 3 is 2.13 bits per heavy atom. The molecule has 5 heteroatoms.